The van der Waals surface area contributed by atoms with E-state index in [0.29, 0.717) is 0 Å². The summed E-state index contributed by atoms with van der Waals surface area (Å²) in [4.78, 5) is 1.37. The predicted molar refractivity (Wildman–Crippen MR) is 78.4 cm³/mol. The molecule has 0 radical (unpaired) electrons. The number of anilines is 1. The average Bonchev–Trinajstić information content (AvgIpc) is 2.70. The van der Waals surface area contributed by atoms with Crippen LogP contribution in [0.1, 0.15) is 16.9 Å². The number of thiophene rings is 1. The highest BCUT2D eigenvalue weighted by Gasteiger charge is 2.10. The minimum atomic E-state index is 0.723. The van der Waals surface area contributed by atoms with Crippen molar-refractivity contribution in [3.8, 4) is 11.5 Å². The van der Waals surface area contributed by atoms with Gasteiger partial charge in [0.1, 0.15) is 0 Å². The molecule has 0 fully saturated rings. The summed E-state index contributed by atoms with van der Waals surface area (Å²) in [5.74, 6) is 1.68. The maximum absolute atomic E-state index is 5.69. The third-order valence-electron chi connectivity index (χ3n) is 3.17. The second-order valence-corrected chi connectivity index (χ2v) is 5.59. The first kappa shape index (κ1) is 12.4. The molecule has 4 heteroatoms. The second kappa shape index (κ2) is 5.53. The van der Waals surface area contributed by atoms with Gasteiger partial charge in [-0.15, -0.1) is 11.3 Å². The Hall–Kier alpha value is -1.68. The largest absolute Gasteiger partial charge is 0.490 e. The van der Waals surface area contributed by atoms with E-state index in [-0.39, 0.29) is 0 Å². The molecule has 0 atom stereocenters. The highest BCUT2D eigenvalue weighted by Crippen LogP contribution is 2.32. The van der Waals surface area contributed by atoms with Crippen LogP contribution in [0.25, 0.3) is 0 Å². The monoisotopic (exact) mass is 275 g/mol. The van der Waals surface area contributed by atoms with Crippen molar-refractivity contribution in [1.82, 2.24) is 0 Å². The maximum Gasteiger partial charge on any atom is 0.163 e. The van der Waals surface area contributed by atoms with Gasteiger partial charge in [-0.1, -0.05) is 0 Å². The summed E-state index contributed by atoms with van der Waals surface area (Å²) in [7, 11) is 0. The zero-order valence-corrected chi connectivity index (χ0v) is 11.8. The van der Waals surface area contributed by atoms with Crippen molar-refractivity contribution in [2.75, 3.05) is 18.5 Å². The zero-order valence-electron chi connectivity index (χ0n) is 10.9. The lowest BCUT2D eigenvalue weighted by atomic mass is 10.2. The van der Waals surface area contributed by atoms with E-state index in [9.17, 15) is 0 Å². The van der Waals surface area contributed by atoms with Gasteiger partial charge in [-0.05, 0) is 36.1 Å². The highest BCUT2D eigenvalue weighted by molar-refractivity contribution is 7.10. The van der Waals surface area contributed by atoms with Gasteiger partial charge in [-0.25, -0.2) is 0 Å². The topological polar surface area (TPSA) is 30.5 Å². The Kier molecular flexibility index (Phi) is 3.60. The SMILES string of the molecule is Cc1ccsc1CNc1ccc2c(c1)OCCCO2. The van der Waals surface area contributed by atoms with Gasteiger partial charge >= 0.3 is 0 Å². The molecule has 3 nitrogen and oxygen atoms in total. The summed E-state index contributed by atoms with van der Waals surface area (Å²) in [5, 5.41) is 5.56. The van der Waals surface area contributed by atoms with Crippen molar-refractivity contribution in [2.24, 2.45) is 0 Å². The number of rotatable bonds is 3. The molecule has 0 amide bonds. The Morgan fingerprint density at radius 3 is 2.79 bits per heavy atom. The van der Waals surface area contributed by atoms with E-state index >= 15 is 0 Å². The van der Waals surface area contributed by atoms with Gasteiger partial charge < -0.3 is 14.8 Å². The number of hydrogen-bond donors (Lipinski definition) is 1. The van der Waals surface area contributed by atoms with Gasteiger partial charge in [0.25, 0.3) is 0 Å². The Bertz CT molecular complexity index is 565. The summed E-state index contributed by atoms with van der Waals surface area (Å²) >= 11 is 1.78. The molecular weight excluding hydrogens is 258 g/mol. The van der Waals surface area contributed by atoms with E-state index < -0.39 is 0 Å². The van der Waals surface area contributed by atoms with E-state index in [1.54, 1.807) is 11.3 Å². The number of hydrogen-bond acceptors (Lipinski definition) is 4. The first-order valence-electron chi connectivity index (χ1n) is 6.49. The summed E-state index contributed by atoms with van der Waals surface area (Å²) < 4.78 is 11.3. The van der Waals surface area contributed by atoms with Gasteiger partial charge in [0.05, 0.1) is 13.2 Å². The van der Waals surface area contributed by atoms with Crippen LogP contribution in [0.4, 0.5) is 5.69 Å². The molecule has 2 aromatic rings. The number of fused-ring (bicyclic) bond motifs is 1. The van der Waals surface area contributed by atoms with Crippen molar-refractivity contribution in [1.29, 1.82) is 0 Å². The molecule has 0 saturated carbocycles. The Morgan fingerprint density at radius 2 is 2.00 bits per heavy atom. The maximum atomic E-state index is 5.69. The first-order valence-corrected chi connectivity index (χ1v) is 7.37. The van der Waals surface area contributed by atoms with E-state index in [1.165, 1.54) is 10.4 Å². The van der Waals surface area contributed by atoms with Crippen molar-refractivity contribution < 1.29 is 9.47 Å². The Morgan fingerprint density at radius 1 is 1.16 bits per heavy atom. The average molecular weight is 275 g/mol. The fourth-order valence-corrected chi connectivity index (χ4v) is 2.89. The van der Waals surface area contributed by atoms with E-state index in [0.717, 1.165) is 43.4 Å². The minimum absolute atomic E-state index is 0.723. The Labute approximate surface area is 117 Å². The van der Waals surface area contributed by atoms with Crippen LogP contribution >= 0.6 is 11.3 Å². The van der Waals surface area contributed by atoms with Crippen LogP contribution in [0.2, 0.25) is 0 Å². The van der Waals surface area contributed by atoms with Crippen LogP contribution in [0.5, 0.6) is 11.5 Å². The molecule has 0 unspecified atom stereocenters. The van der Waals surface area contributed by atoms with Crippen LogP contribution in [-0.2, 0) is 6.54 Å². The summed E-state index contributed by atoms with van der Waals surface area (Å²) in [6, 6.07) is 8.18. The van der Waals surface area contributed by atoms with Gasteiger partial charge in [0.15, 0.2) is 11.5 Å². The molecule has 0 bridgehead atoms. The molecule has 100 valence electrons. The molecule has 1 aromatic carbocycles. The normalized spacial score (nSPS) is 13.9. The van der Waals surface area contributed by atoms with Crippen molar-refractivity contribution >= 4 is 17.0 Å². The summed E-state index contributed by atoms with van der Waals surface area (Å²) in [5.41, 5.74) is 2.41. The molecule has 0 saturated heterocycles. The molecule has 0 spiro atoms. The van der Waals surface area contributed by atoms with E-state index in [2.05, 4.69) is 23.7 Å². The third kappa shape index (κ3) is 2.84. The Balaban J connectivity index is 1.72. The molecule has 1 N–H and O–H groups in total. The summed E-state index contributed by atoms with van der Waals surface area (Å²) in [6.45, 7) is 4.44. The molecule has 1 aromatic heterocycles. The molecule has 1 aliphatic heterocycles. The van der Waals surface area contributed by atoms with Crippen LogP contribution < -0.4 is 14.8 Å². The number of benzene rings is 1. The number of ether oxygens (including phenoxy) is 2. The molecular formula is C15H17NO2S. The van der Waals surface area contributed by atoms with E-state index in [1.807, 2.05) is 18.2 Å². The molecule has 3 rings (SSSR count). The van der Waals surface area contributed by atoms with Gasteiger partial charge in [-0.3, -0.25) is 0 Å². The third-order valence-corrected chi connectivity index (χ3v) is 4.19. The number of nitrogens with one attached hydrogen (secondary N) is 1. The molecule has 19 heavy (non-hydrogen) atoms. The van der Waals surface area contributed by atoms with Crippen LogP contribution in [-0.4, -0.2) is 13.2 Å². The lowest BCUT2D eigenvalue weighted by Crippen LogP contribution is -1.99. The predicted octanol–water partition coefficient (Wildman–Crippen LogP) is 3.83. The van der Waals surface area contributed by atoms with Crippen LogP contribution in [0.3, 0.4) is 0 Å². The van der Waals surface area contributed by atoms with Crippen molar-refractivity contribution in [3.05, 3.63) is 40.1 Å². The van der Waals surface area contributed by atoms with Gasteiger partial charge in [0, 0.05) is 29.6 Å². The van der Waals surface area contributed by atoms with E-state index in [4.69, 9.17) is 9.47 Å². The molecule has 1 aliphatic rings. The standard InChI is InChI=1S/C15H17NO2S/c1-11-5-8-19-15(11)10-16-12-3-4-13-14(9-12)18-7-2-6-17-13/h3-5,8-9,16H,2,6-7,10H2,1H3. The van der Waals surface area contributed by atoms with Crippen molar-refractivity contribution in [3.63, 3.8) is 0 Å². The summed E-state index contributed by atoms with van der Waals surface area (Å²) in [6.07, 6.45) is 0.936. The molecule has 2 heterocycles. The highest BCUT2D eigenvalue weighted by atomic mass is 32.1. The fourth-order valence-electron chi connectivity index (χ4n) is 2.04. The zero-order chi connectivity index (χ0) is 13.1. The fraction of sp³-hybridized carbons (Fsp3) is 0.333. The lowest BCUT2D eigenvalue weighted by Gasteiger charge is -2.11. The van der Waals surface area contributed by atoms with Crippen LogP contribution in [0.15, 0.2) is 29.6 Å². The van der Waals surface area contributed by atoms with Gasteiger partial charge in [0.2, 0.25) is 0 Å². The first-order chi connectivity index (χ1) is 9.33. The quantitative estimate of drug-likeness (QED) is 0.923. The van der Waals surface area contributed by atoms with Gasteiger partial charge in [-0.2, -0.15) is 0 Å². The molecule has 0 aliphatic carbocycles. The smallest absolute Gasteiger partial charge is 0.163 e. The minimum Gasteiger partial charge on any atom is -0.490 e. The lowest BCUT2D eigenvalue weighted by molar-refractivity contribution is 0.297. The number of aryl methyl sites for hydroxylation is 1. The van der Waals surface area contributed by atoms with Crippen molar-refractivity contribution in [2.45, 2.75) is 19.9 Å². The van der Waals surface area contributed by atoms with Crippen LogP contribution in [0, 0.1) is 6.92 Å². The second-order valence-electron chi connectivity index (χ2n) is 4.59.